The molecule has 0 unspecified atom stereocenters. The van der Waals surface area contributed by atoms with Crippen LogP contribution in [0.15, 0.2) is 30.3 Å². The Balaban J connectivity index is 1.83. The number of halogens is 6. The summed E-state index contributed by atoms with van der Waals surface area (Å²) >= 11 is 0. The Labute approximate surface area is 148 Å². The summed E-state index contributed by atoms with van der Waals surface area (Å²) in [5, 5.41) is 6.55. The van der Waals surface area contributed by atoms with E-state index in [0.717, 1.165) is 34.8 Å². The highest BCUT2D eigenvalue weighted by molar-refractivity contribution is 5.57. The molecule has 3 heterocycles. The van der Waals surface area contributed by atoms with Crippen LogP contribution in [-0.2, 0) is 25.2 Å². The molecule has 4 nitrogen and oxygen atoms in total. The second-order valence-corrected chi connectivity index (χ2v) is 6.28. The molecule has 142 valence electrons. The monoisotopic (exact) mass is 386 g/mol. The van der Waals surface area contributed by atoms with Crippen LogP contribution in [0.2, 0.25) is 0 Å². The molecule has 1 aromatic carbocycles. The fraction of sp³-hybridized carbons (Fsp3) is 0.294. The fourth-order valence-corrected chi connectivity index (χ4v) is 3.14. The van der Waals surface area contributed by atoms with Crippen LogP contribution in [0.1, 0.15) is 28.2 Å². The van der Waals surface area contributed by atoms with Crippen molar-refractivity contribution in [1.82, 2.24) is 14.6 Å². The molecular formula is C17H12F6N4. The van der Waals surface area contributed by atoms with E-state index in [4.69, 9.17) is 0 Å². The Morgan fingerprint density at radius 1 is 1.00 bits per heavy atom. The third-order valence-corrected chi connectivity index (χ3v) is 4.36. The molecule has 0 fully saturated rings. The molecule has 1 aliphatic rings. The van der Waals surface area contributed by atoms with Crippen molar-refractivity contribution < 1.29 is 26.3 Å². The standard InChI is InChI=1S/C17H12F6N4/c18-16(19,20)11-7-12(6-9-1-2-13-10(5-9)3-4-24-13)27-14(8-11)25-15(26-27)17(21,22)23/h1-2,5,7-8,24H,3-4,6H2. The molecule has 0 amide bonds. The highest BCUT2D eigenvalue weighted by Crippen LogP contribution is 2.33. The average molecular weight is 386 g/mol. The molecule has 1 aliphatic heterocycles. The van der Waals surface area contributed by atoms with E-state index in [1.165, 1.54) is 0 Å². The van der Waals surface area contributed by atoms with Crippen LogP contribution in [0.3, 0.4) is 0 Å². The van der Waals surface area contributed by atoms with Gasteiger partial charge in [0.1, 0.15) is 0 Å². The van der Waals surface area contributed by atoms with Crippen LogP contribution >= 0.6 is 0 Å². The van der Waals surface area contributed by atoms with E-state index in [1.807, 2.05) is 12.1 Å². The van der Waals surface area contributed by atoms with Crippen molar-refractivity contribution in [1.29, 1.82) is 0 Å². The fourth-order valence-electron chi connectivity index (χ4n) is 3.14. The summed E-state index contributed by atoms with van der Waals surface area (Å²) in [5.41, 5.74) is 1.08. The Hall–Kier alpha value is -2.78. The zero-order valence-electron chi connectivity index (χ0n) is 13.6. The maximum Gasteiger partial charge on any atom is 0.453 e. The lowest BCUT2D eigenvalue weighted by Crippen LogP contribution is -2.10. The number of rotatable bonds is 2. The van der Waals surface area contributed by atoms with Gasteiger partial charge in [-0.15, -0.1) is 5.10 Å². The van der Waals surface area contributed by atoms with Gasteiger partial charge >= 0.3 is 12.4 Å². The van der Waals surface area contributed by atoms with Gasteiger partial charge in [-0.3, -0.25) is 0 Å². The van der Waals surface area contributed by atoms with E-state index in [2.05, 4.69) is 15.4 Å². The number of fused-ring (bicyclic) bond motifs is 2. The second-order valence-electron chi connectivity index (χ2n) is 6.28. The molecule has 4 rings (SSSR count). The van der Waals surface area contributed by atoms with E-state index in [1.54, 1.807) is 6.07 Å². The summed E-state index contributed by atoms with van der Waals surface area (Å²) in [5.74, 6) is -1.47. The van der Waals surface area contributed by atoms with Gasteiger partial charge in [-0.25, -0.2) is 9.50 Å². The van der Waals surface area contributed by atoms with E-state index in [-0.39, 0.29) is 12.1 Å². The van der Waals surface area contributed by atoms with Crippen LogP contribution in [0.25, 0.3) is 5.65 Å². The molecule has 0 saturated carbocycles. The highest BCUT2D eigenvalue weighted by Gasteiger charge is 2.38. The van der Waals surface area contributed by atoms with Gasteiger partial charge in [0.25, 0.3) is 5.82 Å². The summed E-state index contributed by atoms with van der Waals surface area (Å²) in [4.78, 5) is 3.24. The molecule has 0 radical (unpaired) electrons. The highest BCUT2D eigenvalue weighted by atomic mass is 19.4. The van der Waals surface area contributed by atoms with Crippen LogP contribution in [-0.4, -0.2) is 21.1 Å². The molecule has 0 spiro atoms. The molecule has 0 bridgehead atoms. The number of nitrogens with one attached hydrogen (secondary N) is 1. The first-order valence-corrected chi connectivity index (χ1v) is 8.01. The number of anilines is 1. The van der Waals surface area contributed by atoms with Crippen molar-refractivity contribution in [2.24, 2.45) is 0 Å². The molecule has 10 heteroatoms. The summed E-state index contributed by atoms with van der Waals surface area (Å²) in [7, 11) is 0. The van der Waals surface area contributed by atoms with Crippen LogP contribution < -0.4 is 5.32 Å². The molecule has 0 aliphatic carbocycles. The second kappa shape index (κ2) is 5.86. The largest absolute Gasteiger partial charge is 0.453 e. The van der Waals surface area contributed by atoms with Gasteiger partial charge in [0.15, 0.2) is 5.65 Å². The summed E-state index contributed by atoms with van der Waals surface area (Å²) in [6, 6.07) is 6.75. The number of alkyl halides is 6. The molecule has 1 N–H and O–H groups in total. The third-order valence-electron chi connectivity index (χ3n) is 4.36. The zero-order valence-corrected chi connectivity index (χ0v) is 13.6. The predicted molar refractivity (Wildman–Crippen MR) is 84.4 cm³/mol. The van der Waals surface area contributed by atoms with Crippen molar-refractivity contribution in [2.75, 3.05) is 11.9 Å². The molecule has 27 heavy (non-hydrogen) atoms. The van der Waals surface area contributed by atoms with Crippen molar-refractivity contribution >= 4 is 11.3 Å². The Bertz CT molecular complexity index is 1020. The minimum absolute atomic E-state index is 0.00560. The van der Waals surface area contributed by atoms with Gasteiger partial charge in [-0.1, -0.05) is 12.1 Å². The third kappa shape index (κ3) is 3.31. The molecular weight excluding hydrogens is 374 g/mol. The van der Waals surface area contributed by atoms with Gasteiger partial charge in [-0.05, 0) is 35.7 Å². The summed E-state index contributed by atoms with van der Waals surface area (Å²) < 4.78 is 79.0. The van der Waals surface area contributed by atoms with Gasteiger partial charge in [0, 0.05) is 24.3 Å². The number of pyridine rings is 1. The van der Waals surface area contributed by atoms with Gasteiger partial charge < -0.3 is 5.32 Å². The van der Waals surface area contributed by atoms with E-state index in [0.29, 0.717) is 11.6 Å². The Morgan fingerprint density at radius 2 is 1.78 bits per heavy atom. The minimum atomic E-state index is -4.85. The van der Waals surface area contributed by atoms with Gasteiger partial charge in [-0.2, -0.15) is 26.3 Å². The number of nitrogens with zero attached hydrogens (tertiary/aromatic N) is 3. The normalized spacial score (nSPS) is 14.4. The van der Waals surface area contributed by atoms with E-state index in [9.17, 15) is 26.3 Å². The van der Waals surface area contributed by atoms with Gasteiger partial charge in [0.2, 0.25) is 0 Å². The first-order valence-electron chi connectivity index (χ1n) is 8.01. The van der Waals surface area contributed by atoms with Crippen LogP contribution in [0.4, 0.5) is 32.0 Å². The topological polar surface area (TPSA) is 42.2 Å². The lowest BCUT2D eigenvalue weighted by Gasteiger charge is -2.11. The summed E-state index contributed by atoms with van der Waals surface area (Å²) in [6.45, 7) is 0.768. The lowest BCUT2D eigenvalue weighted by molar-refractivity contribution is -0.144. The predicted octanol–water partition coefficient (Wildman–Crippen LogP) is 4.33. The minimum Gasteiger partial charge on any atom is -0.384 e. The van der Waals surface area contributed by atoms with Crippen LogP contribution in [0.5, 0.6) is 0 Å². The number of aromatic nitrogens is 3. The molecule has 0 atom stereocenters. The number of benzene rings is 1. The maximum atomic E-state index is 13.2. The smallest absolute Gasteiger partial charge is 0.384 e. The van der Waals surface area contributed by atoms with E-state index < -0.39 is 29.4 Å². The lowest BCUT2D eigenvalue weighted by atomic mass is 10.0. The number of hydrogen-bond donors (Lipinski definition) is 1. The average Bonchev–Trinajstić information content (AvgIpc) is 3.19. The summed E-state index contributed by atoms with van der Waals surface area (Å²) in [6.07, 6.45) is -8.78. The molecule has 0 saturated heterocycles. The van der Waals surface area contributed by atoms with Gasteiger partial charge in [0.05, 0.1) is 5.56 Å². The van der Waals surface area contributed by atoms with Crippen molar-refractivity contribution in [3.8, 4) is 0 Å². The van der Waals surface area contributed by atoms with Crippen LogP contribution in [0, 0.1) is 0 Å². The Morgan fingerprint density at radius 3 is 2.48 bits per heavy atom. The quantitative estimate of drug-likeness (QED) is 0.667. The van der Waals surface area contributed by atoms with E-state index >= 15 is 0 Å². The van der Waals surface area contributed by atoms with Crippen molar-refractivity contribution in [2.45, 2.75) is 25.2 Å². The first-order chi connectivity index (χ1) is 12.6. The first kappa shape index (κ1) is 17.6. The zero-order chi connectivity index (χ0) is 19.4. The molecule has 3 aromatic rings. The van der Waals surface area contributed by atoms with Crippen molar-refractivity contribution in [3.05, 3.63) is 58.5 Å². The SMILES string of the molecule is FC(F)(F)c1cc(Cc2ccc3c(c2)CCN3)n2nc(C(F)(F)F)nc2c1. The number of hydrogen-bond acceptors (Lipinski definition) is 3. The molecule has 2 aromatic heterocycles. The Kier molecular flexibility index (Phi) is 3.83. The maximum absolute atomic E-state index is 13.2. The van der Waals surface area contributed by atoms with Crippen molar-refractivity contribution in [3.63, 3.8) is 0 Å².